The van der Waals surface area contributed by atoms with Crippen molar-refractivity contribution >= 4 is 43.4 Å². The van der Waals surface area contributed by atoms with Crippen molar-refractivity contribution in [3.05, 3.63) is 542 Å². The Morgan fingerprint density at radius 1 is 0.152 bits per heavy atom. The van der Waals surface area contributed by atoms with Crippen LogP contribution in [0.2, 0.25) is 0 Å². The van der Waals surface area contributed by atoms with E-state index in [1.807, 2.05) is 60.7 Å². The topological polar surface area (TPSA) is 77.3 Å². The molecule has 2 aliphatic carbocycles. The van der Waals surface area contributed by atoms with Crippen molar-refractivity contribution < 1.29 is 0 Å². The van der Waals surface area contributed by atoms with Crippen molar-refractivity contribution in [2.24, 2.45) is 0 Å². The van der Waals surface area contributed by atoms with E-state index in [9.17, 15) is 0 Å². The second-order valence-electron chi connectivity index (χ2n) is 34.1. The van der Waals surface area contributed by atoms with Crippen LogP contribution in [-0.2, 0) is 10.8 Å². The summed E-state index contributed by atoms with van der Waals surface area (Å²) < 4.78 is 0. The number of rotatable bonds is 15. The van der Waals surface area contributed by atoms with Gasteiger partial charge in [-0.3, -0.25) is 0 Å². The third-order valence-corrected chi connectivity index (χ3v) is 26.8. The zero-order chi connectivity index (χ0) is 87.5. The first kappa shape index (κ1) is 78.2. The highest BCUT2D eigenvalue weighted by Crippen LogP contribution is 2.61. The fraction of sp³-hybridized carbons (Fsp3) is 0.0159. The predicted molar refractivity (Wildman–Crippen MR) is 544 cm³/mol. The molecule has 4 heterocycles. The second kappa shape index (κ2) is 33.1. The zero-order valence-corrected chi connectivity index (χ0v) is 72.0. The Bertz CT molecular complexity index is 8140. The Labute approximate surface area is 766 Å². The Balaban J connectivity index is 0.000000146. The summed E-state index contributed by atoms with van der Waals surface area (Å²) in [5, 5.41) is 7.08. The van der Waals surface area contributed by atoms with Crippen molar-refractivity contribution in [2.45, 2.75) is 10.8 Å². The lowest BCUT2D eigenvalue weighted by Gasteiger charge is -2.34. The molecule has 25 rings (SSSR count). The maximum atomic E-state index is 5.42. The number of hydrogen-bond donors (Lipinski definition) is 0. The van der Waals surface area contributed by atoms with E-state index in [2.05, 4.69) is 437 Å². The highest BCUT2D eigenvalue weighted by atomic mass is 14.9. The summed E-state index contributed by atoms with van der Waals surface area (Å²) in [5.74, 6) is 1.41. The molecule has 6 heteroatoms. The molecule has 0 saturated heterocycles. The van der Waals surface area contributed by atoms with Gasteiger partial charge in [0, 0.05) is 76.8 Å². The quantitative estimate of drug-likeness (QED) is 0.0952. The Morgan fingerprint density at radius 2 is 0.386 bits per heavy atom. The minimum absolute atomic E-state index is 0.480. The molecule has 0 N–H and O–H groups in total. The van der Waals surface area contributed by atoms with Gasteiger partial charge >= 0.3 is 0 Å². The number of benzene rings is 19. The second-order valence-corrected chi connectivity index (χ2v) is 34.1. The van der Waals surface area contributed by atoms with Crippen LogP contribution in [0.5, 0.6) is 0 Å². The van der Waals surface area contributed by atoms with Crippen molar-refractivity contribution in [3.63, 3.8) is 0 Å². The third-order valence-electron chi connectivity index (χ3n) is 26.8. The van der Waals surface area contributed by atoms with E-state index in [1.165, 1.54) is 88.7 Å². The molecule has 0 radical (unpaired) electrons. The molecule has 6 nitrogen and oxygen atoms in total. The van der Waals surface area contributed by atoms with Gasteiger partial charge < -0.3 is 0 Å². The number of fused-ring (bicyclic) bond motifs is 14. The molecule has 2 aliphatic rings. The van der Waals surface area contributed by atoms with E-state index in [4.69, 9.17) is 29.9 Å². The van der Waals surface area contributed by atoms with E-state index in [0.29, 0.717) is 11.6 Å². The Hall–Kier alpha value is -17.3. The summed E-state index contributed by atoms with van der Waals surface area (Å²) in [6.07, 6.45) is 0. The van der Waals surface area contributed by atoms with Gasteiger partial charge in [-0.1, -0.05) is 473 Å². The molecule has 0 unspecified atom stereocenters. The fourth-order valence-electron chi connectivity index (χ4n) is 20.7. The van der Waals surface area contributed by atoms with Gasteiger partial charge in [0.25, 0.3) is 0 Å². The summed E-state index contributed by atoms with van der Waals surface area (Å²) in [5.41, 5.74) is 37.0. The molecule has 19 aromatic carbocycles. The Kier molecular flexibility index (Phi) is 19.6. The minimum Gasteiger partial charge on any atom is -0.247 e. The molecule has 132 heavy (non-hydrogen) atoms. The largest absolute Gasteiger partial charge is 0.247 e. The Morgan fingerprint density at radius 3 is 0.705 bits per heavy atom. The van der Waals surface area contributed by atoms with Crippen LogP contribution in [0.3, 0.4) is 0 Å². The summed E-state index contributed by atoms with van der Waals surface area (Å²) in [7, 11) is 0. The lowest BCUT2D eigenvalue weighted by Crippen LogP contribution is -2.28. The van der Waals surface area contributed by atoms with Crippen LogP contribution in [0.1, 0.15) is 44.5 Å². The SMILES string of the molecule is c1ccc(-c2cc(-c3ccc(-c4ccc(-c5nc6ccccc6c6c7c(ccc56)C(c5ccccc5)(c5ccccc5)c5ccccc5-7)cc4)cc3)nc(-c3ccccc3)n2)cc1.c1ccc(-c2ccc(-c3cc(-c4ccc(-c5ccc(-c6nc7ccccc7c7c8c(ccc67)C(c6ccccc6)(c6ccccc6)c6ccccc6-8)cc5)cc4)nc(-c4ccccc4)n3)cc2)cc1. The predicted octanol–water partition coefficient (Wildman–Crippen LogP) is 31.4. The van der Waals surface area contributed by atoms with Crippen molar-refractivity contribution in [1.29, 1.82) is 0 Å². The van der Waals surface area contributed by atoms with Gasteiger partial charge in [-0.25, -0.2) is 29.9 Å². The van der Waals surface area contributed by atoms with E-state index < -0.39 is 10.8 Å². The molecule has 4 aromatic heterocycles. The lowest BCUT2D eigenvalue weighted by atomic mass is 9.67. The van der Waals surface area contributed by atoms with Gasteiger partial charge in [0.1, 0.15) is 0 Å². The molecule has 0 fully saturated rings. The van der Waals surface area contributed by atoms with Crippen LogP contribution < -0.4 is 0 Å². The molecular weight excluding hydrogens is 1600 g/mol. The highest BCUT2D eigenvalue weighted by Gasteiger charge is 2.49. The standard InChI is InChI=1S/C66H43N3.C60H39N3/c1-5-17-44(18-6-1)45-29-35-48(36-30-45)60-43-61(69-65(68-60)51-19-7-2-8-20-51)49-37-31-46(32-38-49)47-33-39-50(40-34-47)64-56-41-42-58-63(62(56)55-26-14-16-28-59(55)67-64)54-25-13-15-27-57(54)66(58,52-21-9-3-10-22-52)53-23-11-4-12-24-53;1-5-17-42(18-6-1)54-39-55(63-59(62-54)45-19-7-2-8-20-45)43-33-29-40(30-34-43)41-31-35-44(36-32-41)58-50-37-38-52-57(56(50)49-26-14-16-28-53(49)61-58)48-25-13-15-27-51(48)60(52,46-21-9-3-10-22-46)47-23-11-4-12-24-47/h1-43H;1-39H. The monoisotopic (exact) mass is 1680 g/mol. The fourth-order valence-corrected chi connectivity index (χ4v) is 20.7. The van der Waals surface area contributed by atoms with Gasteiger partial charge in [-0.15, -0.1) is 0 Å². The lowest BCUT2D eigenvalue weighted by molar-refractivity contribution is 0.769. The summed E-state index contributed by atoms with van der Waals surface area (Å²) in [6, 6.07) is 178. The average Bonchev–Trinajstić information content (AvgIpc) is 1.52. The molecular formula is C126H82N6. The number of para-hydroxylation sites is 2. The van der Waals surface area contributed by atoms with E-state index >= 15 is 0 Å². The number of pyridine rings is 2. The summed E-state index contributed by atoms with van der Waals surface area (Å²) in [4.78, 5) is 31.0. The maximum absolute atomic E-state index is 5.42. The van der Waals surface area contributed by atoms with Crippen LogP contribution in [0.4, 0.5) is 0 Å². The van der Waals surface area contributed by atoms with Crippen LogP contribution in [0.15, 0.2) is 497 Å². The first-order valence-electron chi connectivity index (χ1n) is 45.1. The van der Waals surface area contributed by atoms with Crippen LogP contribution in [0.25, 0.3) is 189 Å². The van der Waals surface area contributed by atoms with Crippen molar-refractivity contribution in [1.82, 2.24) is 29.9 Å². The van der Waals surface area contributed by atoms with Crippen molar-refractivity contribution in [3.8, 4) is 146 Å². The van der Waals surface area contributed by atoms with Crippen LogP contribution in [-0.4, -0.2) is 29.9 Å². The third kappa shape index (κ3) is 13.5. The first-order valence-corrected chi connectivity index (χ1v) is 45.1. The normalized spacial score (nSPS) is 12.5. The summed E-state index contributed by atoms with van der Waals surface area (Å²) >= 11 is 0. The molecule has 23 aromatic rings. The van der Waals surface area contributed by atoms with Gasteiger partial charge in [-0.05, 0) is 124 Å². The van der Waals surface area contributed by atoms with Gasteiger partial charge in [0.05, 0.1) is 56.0 Å². The van der Waals surface area contributed by atoms with E-state index in [0.717, 1.165) is 134 Å². The molecule has 0 amide bonds. The summed E-state index contributed by atoms with van der Waals surface area (Å²) in [6.45, 7) is 0. The van der Waals surface area contributed by atoms with Crippen molar-refractivity contribution in [2.75, 3.05) is 0 Å². The molecule has 0 aliphatic heterocycles. The number of aromatic nitrogens is 6. The van der Waals surface area contributed by atoms with E-state index in [1.54, 1.807) is 0 Å². The number of nitrogens with zero attached hydrogens (tertiary/aromatic N) is 6. The molecule has 616 valence electrons. The van der Waals surface area contributed by atoms with E-state index in [-0.39, 0.29) is 0 Å². The van der Waals surface area contributed by atoms with Crippen LogP contribution >= 0.6 is 0 Å². The maximum Gasteiger partial charge on any atom is 0.160 e. The minimum atomic E-state index is -0.487. The highest BCUT2D eigenvalue weighted by molar-refractivity contribution is 6.21. The van der Waals surface area contributed by atoms with Gasteiger partial charge in [0.15, 0.2) is 11.6 Å². The smallest absolute Gasteiger partial charge is 0.160 e. The zero-order valence-electron chi connectivity index (χ0n) is 72.0. The molecule has 0 spiro atoms. The molecule has 0 atom stereocenters. The molecule has 0 saturated carbocycles. The van der Waals surface area contributed by atoms with Gasteiger partial charge in [-0.2, -0.15) is 0 Å². The van der Waals surface area contributed by atoms with Gasteiger partial charge in [0.2, 0.25) is 0 Å². The van der Waals surface area contributed by atoms with Crippen LogP contribution in [0, 0.1) is 0 Å². The molecule has 0 bridgehead atoms. The first-order chi connectivity index (χ1) is 65.4. The average molecular weight is 1680 g/mol. The number of hydrogen-bond acceptors (Lipinski definition) is 6.